The molecule has 2 nitrogen and oxygen atoms in total. The second-order valence-electron chi connectivity index (χ2n) is 5.61. The van der Waals surface area contributed by atoms with Crippen molar-refractivity contribution < 1.29 is 0 Å². The topological polar surface area (TPSA) is 38.0 Å². The van der Waals surface area contributed by atoms with E-state index in [4.69, 9.17) is 5.73 Å². The Balaban J connectivity index is 1.71. The molecule has 2 heteroatoms. The minimum atomic E-state index is 0.477. The average molecular weight is 210 g/mol. The maximum absolute atomic E-state index is 5.92. The van der Waals surface area contributed by atoms with Gasteiger partial charge in [0.25, 0.3) is 0 Å². The second kappa shape index (κ2) is 5.31. The summed E-state index contributed by atoms with van der Waals surface area (Å²) >= 11 is 0. The maximum atomic E-state index is 5.92. The first-order chi connectivity index (χ1) is 7.25. The Kier molecular flexibility index (Phi) is 4.04. The Morgan fingerprint density at radius 3 is 2.20 bits per heavy atom. The highest BCUT2D eigenvalue weighted by Gasteiger charge is 2.25. The lowest BCUT2D eigenvalue weighted by Gasteiger charge is -2.31. The fourth-order valence-corrected chi connectivity index (χ4v) is 3.25. The van der Waals surface area contributed by atoms with Gasteiger partial charge in [0.05, 0.1) is 0 Å². The minimum absolute atomic E-state index is 0.477. The third-order valence-electron chi connectivity index (χ3n) is 4.38. The highest BCUT2D eigenvalue weighted by Crippen LogP contribution is 2.28. The van der Waals surface area contributed by atoms with Crippen LogP contribution < -0.4 is 11.1 Å². The summed E-state index contributed by atoms with van der Waals surface area (Å²) in [7, 11) is 0. The van der Waals surface area contributed by atoms with E-state index in [0.717, 1.165) is 18.0 Å². The van der Waals surface area contributed by atoms with Gasteiger partial charge >= 0.3 is 0 Å². The molecule has 2 fully saturated rings. The Bertz CT molecular complexity index is 179. The van der Waals surface area contributed by atoms with Crippen LogP contribution in [0, 0.1) is 5.92 Å². The van der Waals surface area contributed by atoms with E-state index in [1.165, 1.54) is 51.4 Å². The first-order valence-electron chi connectivity index (χ1n) is 6.77. The molecule has 0 radical (unpaired) electrons. The van der Waals surface area contributed by atoms with Crippen molar-refractivity contribution in [2.45, 2.75) is 76.4 Å². The van der Waals surface area contributed by atoms with Crippen molar-refractivity contribution in [2.24, 2.45) is 11.7 Å². The number of rotatable bonds is 3. The van der Waals surface area contributed by atoms with E-state index in [9.17, 15) is 0 Å². The van der Waals surface area contributed by atoms with Crippen molar-refractivity contribution in [3.8, 4) is 0 Å². The zero-order valence-corrected chi connectivity index (χ0v) is 10.0. The molecule has 0 amide bonds. The SMILES string of the molecule is C[C@@H](NC1CCC(N)CC1)C1CCCC1. The van der Waals surface area contributed by atoms with Crippen molar-refractivity contribution >= 4 is 0 Å². The molecular formula is C13H26N2. The summed E-state index contributed by atoms with van der Waals surface area (Å²) in [6.45, 7) is 2.38. The Labute approximate surface area is 94.0 Å². The molecule has 2 rings (SSSR count). The summed E-state index contributed by atoms with van der Waals surface area (Å²) in [4.78, 5) is 0. The van der Waals surface area contributed by atoms with Crippen LogP contribution in [-0.2, 0) is 0 Å². The monoisotopic (exact) mass is 210 g/mol. The Hall–Kier alpha value is -0.0800. The summed E-state index contributed by atoms with van der Waals surface area (Å²) < 4.78 is 0. The highest BCUT2D eigenvalue weighted by molar-refractivity contribution is 4.84. The number of nitrogens with two attached hydrogens (primary N) is 1. The van der Waals surface area contributed by atoms with Crippen LogP contribution in [0.4, 0.5) is 0 Å². The van der Waals surface area contributed by atoms with E-state index in [1.54, 1.807) is 0 Å². The molecule has 0 saturated heterocycles. The van der Waals surface area contributed by atoms with Crippen LogP contribution in [0.3, 0.4) is 0 Å². The lowest BCUT2D eigenvalue weighted by atomic mass is 9.90. The van der Waals surface area contributed by atoms with E-state index in [0.29, 0.717) is 6.04 Å². The maximum Gasteiger partial charge on any atom is 0.00708 e. The van der Waals surface area contributed by atoms with Crippen molar-refractivity contribution in [1.29, 1.82) is 0 Å². The van der Waals surface area contributed by atoms with Gasteiger partial charge in [-0.25, -0.2) is 0 Å². The van der Waals surface area contributed by atoms with Gasteiger partial charge in [-0.2, -0.15) is 0 Å². The van der Waals surface area contributed by atoms with Crippen LogP contribution in [0.25, 0.3) is 0 Å². The Morgan fingerprint density at radius 1 is 1.00 bits per heavy atom. The zero-order valence-electron chi connectivity index (χ0n) is 10.0. The van der Waals surface area contributed by atoms with E-state index >= 15 is 0 Å². The molecule has 2 aliphatic rings. The molecule has 0 unspecified atom stereocenters. The molecule has 0 aromatic heterocycles. The standard InChI is InChI=1S/C13H26N2/c1-10(11-4-2-3-5-11)15-13-8-6-12(14)7-9-13/h10-13,15H,2-9,14H2,1H3/t10-,12?,13?/m1/s1. The third kappa shape index (κ3) is 3.18. The molecular weight excluding hydrogens is 184 g/mol. The lowest BCUT2D eigenvalue weighted by molar-refractivity contribution is 0.280. The van der Waals surface area contributed by atoms with Crippen molar-refractivity contribution in [3.63, 3.8) is 0 Å². The van der Waals surface area contributed by atoms with Gasteiger partial charge in [-0.05, 0) is 51.4 Å². The molecule has 15 heavy (non-hydrogen) atoms. The third-order valence-corrected chi connectivity index (χ3v) is 4.38. The van der Waals surface area contributed by atoms with Gasteiger partial charge in [-0.1, -0.05) is 12.8 Å². The van der Waals surface area contributed by atoms with Crippen molar-refractivity contribution in [1.82, 2.24) is 5.32 Å². The predicted molar refractivity (Wildman–Crippen MR) is 64.8 cm³/mol. The van der Waals surface area contributed by atoms with Crippen LogP contribution in [0.15, 0.2) is 0 Å². The summed E-state index contributed by atoms with van der Waals surface area (Å²) in [5, 5.41) is 3.83. The smallest absolute Gasteiger partial charge is 0.00708 e. The molecule has 2 aliphatic carbocycles. The van der Waals surface area contributed by atoms with Gasteiger partial charge in [0.1, 0.15) is 0 Å². The van der Waals surface area contributed by atoms with Gasteiger partial charge in [-0.3, -0.25) is 0 Å². The molecule has 1 atom stereocenters. The van der Waals surface area contributed by atoms with Gasteiger partial charge in [0, 0.05) is 18.1 Å². The normalized spacial score (nSPS) is 35.6. The first-order valence-corrected chi connectivity index (χ1v) is 6.77. The predicted octanol–water partition coefficient (Wildman–Crippen LogP) is 2.42. The molecule has 3 N–H and O–H groups in total. The van der Waals surface area contributed by atoms with Crippen LogP contribution in [0.2, 0.25) is 0 Å². The molecule has 0 spiro atoms. The molecule has 88 valence electrons. The molecule has 0 aromatic carbocycles. The Morgan fingerprint density at radius 2 is 1.60 bits per heavy atom. The molecule has 0 bridgehead atoms. The summed E-state index contributed by atoms with van der Waals surface area (Å²) in [6.07, 6.45) is 10.8. The molecule has 0 aliphatic heterocycles. The molecule has 0 heterocycles. The largest absolute Gasteiger partial charge is 0.328 e. The van der Waals surface area contributed by atoms with Crippen molar-refractivity contribution in [3.05, 3.63) is 0 Å². The fraction of sp³-hybridized carbons (Fsp3) is 1.00. The fourth-order valence-electron chi connectivity index (χ4n) is 3.25. The van der Waals surface area contributed by atoms with Crippen LogP contribution in [0.5, 0.6) is 0 Å². The average Bonchev–Trinajstić information content (AvgIpc) is 2.74. The van der Waals surface area contributed by atoms with Crippen LogP contribution in [0.1, 0.15) is 58.3 Å². The first kappa shape index (κ1) is 11.4. The van der Waals surface area contributed by atoms with Gasteiger partial charge in [0.15, 0.2) is 0 Å². The number of nitrogens with one attached hydrogen (secondary N) is 1. The van der Waals surface area contributed by atoms with E-state index in [2.05, 4.69) is 12.2 Å². The van der Waals surface area contributed by atoms with Gasteiger partial charge in [-0.15, -0.1) is 0 Å². The van der Waals surface area contributed by atoms with E-state index < -0.39 is 0 Å². The van der Waals surface area contributed by atoms with Gasteiger partial charge in [0.2, 0.25) is 0 Å². The lowest BCUT2D eigenvalue weighted by Crippen LogP contribution is -2.43. The molecule has 2 saturated carbocycles. The van der Waals surface area contributed by atoms with E-state index in [1.807, 2.05) is 0 Å². The summed E-state index contributed by atoms with van der Waals surface area (Å²) in [6, 6.07) is 1.96. The quantitative estimate of drug-likeness (QED) is 0.751. The zero-order chi connectivity index (χ0) is 10.7. The highest BCUT2D eigenvalue weighted by atomic mass is 15.0. The van der Waals surface area contributed by atoms with Crippen LogP contribution in [-0.4, -0.2) is 18.1 Å². The summed E-state index contributed by atoms with van der Waals surface area (Å²) in [5.74, 6) is 0.945. The minimum Gasteiger partial charge on any atom is -0.328 e. The number of hydrogen-bond acceptors (Lipinski definition) is 2. The molecule has 0 aromatic rings. The van der Waals surface area contributed by atoms with Gasteiger partial charge < -0.3 is 11.1 Å². The summed E-state index contributed by atoms with van der Waals surface area (Å²) in [5.41, 5.74) is 5.92. The number of hydrogen-bond donors (Lipinski definition) is 2. The van der Waals surface area contributed by atoms with E-state index in [-0.39, 0.29) is 0 Å². The van der Waals surface area contributed by atoms with Crippen LogP contribution >= 0.6 is 0 Å². The second-order valence-corrected chi connectivity index (χ2v) is 5.61. The van der Waals surface area contributed by atoms with Crippen molar-refractivity contribution in [2.75, 3.05) is 0 Å².